The molecule has 2 aromatic rings. The van der Waals surface area contributed by atoms with E-state index in [0.717, 1.165) is 47.8 Å². The summed E-state index contributed by atoms with van der Waals surface area (Å²) in [6, 6.07) is 7.00. The van der Waals surface area contributed by atoms with Gasteiger partial charge >= 0.3 is 0 Å². The van der Waals surface area contributed by atoms with E-state index >= 15 is 0 Å². The number of piperidine rings is 1. The lowest BCUT2D eigenvalue weighted by Crippen LogP contribution is -2.34. The summed E-state index contributed by atoms with van der Waals surface area (Å²) in [4.78, 5) is 17.7. The van der Waals surface area contributed by atoms with Crippen LogP contribution in [0.3, 0.4) is 0 Å². The minimum Gasteiger partial charge on any atom is -0.371 e. The Balaban J connectivity index is 1.88. The van der Waals surface area contributed by atoms with E-state index < -0.39 is 0 Å². The number of hydrogen-bond donors (Lipinski definition) is 1. The fourth-order valence-electron chi connectivity index (χ4n) is 3.51. The lowest BCUT2D eigenvalue weighted by Gasteiger charge is -2.34. The van der Waals surface area contributed by atoms with Crippen molar-refractivity contribution in [1.29, 1.82) is 0 Å². The van der Waals surface area contributed by atoms with Gasteiger partial charge in [0.2, 0.25) is 0 Å². The van der Waals surface area contributed by atoms with Crippen LogP contribution in [0.4, 0.5) is 11.4 Å². The van der Waals surface area contributed by atoms with Gasteiger partial charge in [0, 0.05) is 42.0 Å². The first-order valence-electron chi connectivity index (χ1n) is 8.54. The third-order valence-electron chi connectivity index (χ3n) is 4.87. The van der Waals surface area contributed by atoms with Crippen LogP contribution in [0.2, 0.25) is 0 Å². The molecule has 1 saturated heterocycles. The number of anilines is 1. The molecule has 0 amide bonds. The highest BCUT2D eigenvalue weighted by Crippen LogP contribution is 2.33. The number of nitro benzene ring substituents is 1. The molecule has 0 unspecified atom stereocenters. The van der Waals surface area contributed by atoms with Crippen molar-refractivity contribution in [1.82, 2.24) is 10.3 Å². The van der Waals surface area contributed by atoms with Crippen molar-refractivity contribution in [2.24, 2.45) is 5.92 Å². The van der Waals surface area contributed by atoms with Gasteiger partial charge in [-0.3, -0.25) is 15.1 Å². The Hall–Kier alpha value is -2.21. The number of aryl methyl sites for hydroxylation is 1. The molecule has 0 bridgehead atoms. The standard InChI is InChI=1S/C18H24N4O2/c1-13-11-18(21-9-6-14(7-10-21)5-8-19-2)16-12-15(22(23)24)3-4-17(16)20-13/h3-4,11-12,14,19H,5-10H2,1-2H3. The van der Waals surface area contributed by atoms with Gasteiger partial charge < -0.3 is 10.2 Å². The first-order chi connectivity index (χ1) is 11.6. The van der Waals surface area contributed by atoms with E-state index in [4.69, 9.17) is 0 Å². The molecule has 1 N–H and O–H groups in total. The number of benzene rings is 1. The predicted molar refractivity (Wildman–Crippen MR) is 96.6 cm³/mol. The average Bonchev–Trinajstić information content (AvgIpc) is 2.59. The second-order valence-electron chi connectivity index (χ2n) is 6.56. The molecular formula is C18H24N4O2. The van der Waals surface area contributed by atoms with Crippen molar-refractivity contribution in [3.63, 3.8) is 0 Å². The summed E-state index contributed by atoms with van der Waals surface area (Å²) in [5.41, 5.74) is 2.98. The van der Waals surface area contributed by atoms with Gasteiger partial charge in [-0.2, -0.15) is 0 Å². The molecule has 0 saturated carbocycles. The number of non-ortho nitro benzene ring substituents is 1. The zero-order valence-corrected chi connectivity index (χ0v) is 14.3. The van der Waals surface area contributed by atoms with E-state index in [-0.39, 0.29) is 10.6 Å². The first-order valence-corrected chi connectivity index (χ1v) is 8.54. The van der Waals surface area contributed by atoms with Gasteiger partial charge in [0.15, 0.2) is 0 Å². The molecule has 0 atom stereocenters. The molecule has 0 spiro atoms. The number of nitrogens with one attached hydrogen (secondary N) is 1. The molecular weight excluding hydrogens is 304 g/mol. The van der Waals surface area contributed by atoms with E-state index in [1.54, 1.807) is 12.1 Å². The number of fused-ring (bicyclic) bond motifs is 1. The second kappa shape index (κ2) is 7.13. The van der Waals surface area contributed by atoms with Crippen molar-refractivity contribution in [3.8, 4) is 0 Å². The largest absolute Gasteiger partial charge is 0.371 e. The van der Waals surface area contributed by atoms with Crippen LogP contribution in [0.25, 0.3) is 10.9 Å². The predicted octanol–water partition coefficient (Wildman–Crippen LogP) is 3.28. The van der Waals surface area contributed by atoms with Gasteiger partial charge in [-0.15, -0.1) is 0 Å². The summed E-state index contributed by atoms with van der Waals surface area (Å²) in [6.07, 6.45) is 3.55. The van der Waals surface area contributed by atoms with Gasteiger partial charge in [0.1, 0.15) is 0 Å². The van der Waals surface area contributed by atoms with Gasteiger partial charge in [0.05, 0.1) is 10.4 Å². The highest BCUT2D eigenvalue weighted by Gasteiger charge is 2.21. The second-order valence-corrected chi connectivity index (χ2v) is 6.56. The van der Waals surface area contributed by atoms with E-state index in [0.29, 0.717) is 0 Å². The van der Waals surface area contributed by atoms with Crippen molar-refractivity contribution < 1.29 is 4.92 Å². The van der Waals surface area contributed by atoms with Crippen LogP contribution in [0, 0.1) is 23.0 Å². The van der Waals surface area contributed by atoms with Gasteiger partial charge in [0.25, 0.3) is 5.69 Å². The molecule has 0 radical (unpaired) electrons. The van der Waals surface area contributed by atoms with Crippen LogP contribution < -0.4 is 10.2 Å². The zero-order valence-electron chi connectivity index (χ0n) is 14.3. The molecule has 6 heteroatoms. The maximum absolute atomic E-state index is 11.1. The fraction of sp³-hybridized carbons (Fsp3) is 0.500. The van der Waals surface area contributed by atoms with Gasteiger partial charge in [-0.25, -0.2) is 0 Å². The Morgan fingerprint density at radius 1 is 1.33 bits per heavy atom. The minimum absolute atomic E-state index is 0.123. The smallest absolute Gasteiger partial charge is 0.270 e. The van der Waals surface area contributed by atoms with E-state index in [2.05, 4.69) is 21.3 Å². The molecule has 3 rings (SSSR count). The fourth-order valence-corrected chi connectivity index (χ4v) is 3.51. The quantitative estimate of drug-likeness (QED) is 0.674. The molecule has 1 aliphatic heterocycles. The Morgan fingerprint density at radius 2 is 2.08 bits per heavy atom. The monoisotopic (exact) mass is 328 g/mol. The van der Waals surface area contributed by atoms with Crippen LogP contribution in [0.5, 0.6) is 0 Å². The Morgan fingerprint density at radius 3 is 2.75 bits per heavy atom. The van der Waals surface area contributed by atoms with E-state index in [1.165, 1.54) is 25.3 Å². The zero-order chi connectivity index (χ0) is 17.1. The van der Waals surface area contributed by atoms with E-state index in [1.807, 2.05) is 14.0 Å². The topological polar surface area (TPSA) is 71.3 Å². The molecule has 1 fully saturated rings. The van der Waals surface area contributed by atoms with Crippen LogP contribution in [-0.2, 0) is 0 Å². The molecule has 6 nitrogen and oxygen atoms in total. The summed E-state index contributed by atoms with van der Waals surface area (Å²) in [5.74, 6) is 0.761. The summed E-state index contributed by atoms with van der Waals surface area (Å²) in [5, 5.41) is 15.2. The SMILES string of the molecule is CNCCC1CCN(c2cc(C)nc3ccc([N+](=O)[O-])cc23)CC1. The highest BCUT2D eigenvalue weighted by molar-refractivity contribution is 5.93. The van der Waals surface area contributed by atoms with Crippen molar-refractivity contribution in [2.45, 2.75) is 26.2 Å². The minimum atomic E-state index is -0.340. The number of aromatic nitrogens is 1. The van der Waals surface area contributed by atoms with Gasteiger partial charge in [-0.1, -0.05) is 0 Å². The summed E-state index contributed by atoms with van der Waals surface area (Å²) < 4.78 is 0. The third kappa shape index (κ3) is 3.48. The van der Waals surface area contributed by atoms with Crippen molar-refractivity contribution in [3.05, 3.63) is 40.1 Å². The number of nitro groups is 1. The van der Waals surface area contributed by atoms with Gasteiger partial charge in [-0.05, 0) is 57.8 Å². The Bertz CT molecular complexity index is 739. The average molecular weight is 328 g/mol. The van der Waals surface area contributed by atoms with Crippen LogP contribution in [0.1, 0.15) is 25.0 Å². The molecule has 1 aromatic carbocycles. The first kappa shape index (κ1) is 16.6. The molecule has 128 valence electrons. The maximum Gasteiger partial charge on any atom is 0.270 e. The molecule has 24 heavy (non-hydrogen) atoms. The molecule has 0 aliphatic carbocycles. The number of rotatable bonds is 5. The number of nitrogens with zero attached hydrogens (tertiary/aromatic N) is 3. The van der Waals surface area contributed by atoms with E-state index in [9.17, 15) is 10.1 Å². The van der Waals surface area contributed by atoms with Crippen LogP contribution in [-0.4, -0.2) is 36.6 Å². The highest BCUT2D eigenvalue weighted by atomic mass is 16.6. The normalized spacial score (nSPS) is 15.8. The maximum atomic E-state index is 11.1. The summed E-state index contributed by atoms with van der Waals surface area (Å²) in [7, 11) is 1.99. The van der Waals surface area contributed by atoms with Crippen LogP contribution in [0.15, 0.2) is 24.3 Å². The van der Waals surface area contributed by atoms with Crippen molar-refractivity contribution in [2.75, 3.05) is 31.6 Å². The van der Waals surface area contributed by atoms with Crippen molar-refractivity contribution >= 4 is 22.3 Å². The third-order valence-corrected chi connectivity index (χ3v) is 4.87. The summed E-state index contributed by atoms with van der Waals surface area (Å²) >= 11 is 0. The molecule has 2 heterocycles. The lowest BCUT2D eigenvalue weighted by atomic mass is 9.93. The molecule has 1 aromatic heterocycles. The Labute approximate surface area is 142 Å². The Kier molecular flexibility index (Phi) is 4.94. The number of hydrogen-bond acceptors (Lipinski definition) is 5. The lowest BCUT2D eigenvalue weighted by molar-refractivity contribution is -0.384. The molecule has 1 aliphatic rings. The van der Waals surface area contributed by atoms with Crippen LogP contribution >= 0.6 is 0 Å². The summed E-state index contributed by atoms with van der Waals surface area (Å²) in [6.45, 7) is 5.03. The number of pyridine rings is 1.